The van der Waals surface area contributed by atoms with Crippen molar-refractivity contribution in [3.63, 3.8) is 0 Å². The van der Waals surface area contributed by atoms with Crippen molar-refractivity contribution in [2.24, 2.45) is 0 Å². The Kier molecular flexibility index (Phi) is 5.21. The molecule has 1 amide bonds. The second-order valence-corrected chi connectivity index (χ2v) is 7.22. The van der Waals surface area contributed by atoms with E-state index in [9.17, 15) is 4.79 Å². The van der Waals surface area contributed by atoms with Gasteiger partial charge in [-0.3, -0.25) is 4.79 Å². The molecular weight excluding hydrogens is 302 g/mol. The summed E-state index contributed by atoms with van der Waals surface area (Å²) in [5, 5.41) is 3.71. The number of amides is 1. The van der Waals surface area contributed by atoms with Crippen molar-refractivity contribution < 1.29 is 4.79 Å². The zero-order chi connectivity index (χ0) is 17.1. The monoisotopic (exact) mass is 331 g/mol. The van der Waals surface area contributed by atoms with E-state index in [1.807, 2.05) is 23.9 Å². The molecule has 132 valence electrons. The molecule has 0 spiro atoms. The first kappa shape index (κ1) is 17.0. The van der Waals surface area contributed by atoms with Gasteiger partial charge in [0.1, 0.15) is 5.82 Å². The van der Waals surface area contributed by atoms with Crippen molar-refractivity contribution in [2.45, 2.75) is 64.5 Å². The van der Waals surface area contributed by atoms with Crippen LogP contribution in [0.25, 0.3) is 0 Å². The second kappa shape index (κ2) is 7.36. The normalized spacial score (nSPS) is 18.7. The fourth-order valence-corrected chi connectivity index (χ4v) is 3.62. The number of nitrogens with one attached hydrogen (secondary N) is 1. The lowest BCUT2D eigenvalue weighted by Gasteiger charge is -2.30. The van der Waals surface area contributed by atoms with Crippen molar-refractivity contribution in [1.82, 2.24) is 14.9 Å². The average Bonchev–Trinajstić information content (AvgIpc) is 2.82. The highest BCUT2D eigenvalue weighted by Gasteiger charge is 2.25. The third-order valence-corrected chi connectivity index (χ3v) is 5.09. The molecule has 1 aliphatic carbocycles. The lowest BCUT2D eigenvalue weighted by Crippen LogP contribution is -2.36. The van der Waals surface area contributed by atoms with Gasteiger partial charge in [-0.15, -0.1) is 0 Å². The zero-order valence-corrected chi connectivity index (χ0v) is 15.1. The van der Waals surface area contributed by atoms with Crippen LogP contribution in [0.4, 0.5) is 11.8 Å². The van der Waals surface area contributed by atoms with Crippen molar-refractivity contribution >= 4 is 17.7 Å². The topological polar surface area (TPSA) is 61.4 Å². The van der Waals surface area contributed by atoms with E-state index in [1.165, 1.54) is 44.1 Å². The van der Waals surface area contributed by atoms with Gasteiger partial charge in [-0.2, -0.15) is 4.98 Å². The summed E-state index contributed by atoms with van der Waals surface area (Å²) in [5.41, 5.74) is 2.19. The molecule has 6 heteroatoms. The molecular formula is C18H29N5O. The number of carbonyl (C=O) groups is 1. The first-order chi connectivity index (χ1) is 11.5. The van der Waals surface area contributed by atoms with E-state index < -0.39 is 0 Å². The Bertz CT molecular complexity index is 593. The summed E-state index contributed by atoms with van der Waals surface area (Å²) >= 11 is 0. The molecule has 0 saturated heterocycles. The highest BCUT2D eigenvalue weighted by atomic mass is 16.2. The molecule has 0 bridgehead atoms. The van der Waals surface area contributed by atoms with Crippen LogP contribution >= 0.6 is 0 Å². The fraction of sp³-hybridized carbons (Fsp3) is 0.722. The van der Waals surface area contributed by atoms with Gasteiger partial charge in [0.15, 0.2) is 0 Å². The van der Waals surface area contributed by atoms with Crippen LogP contribution in [0.15, 0.2) is 0 Å². The molecule has 1 fully saturated rings. The van der Waals surface area contributed by atoms with Gasteiger partial charge in [-0.25, -0.2) is 4.98 Å². The molecule has 2 heterocycles. The molecule has 3 rings (SSSR count). The Balaban J connectivity index is 1.88. The Morgan fingerprint density at radius 2 is 1.88 bits per heavy atom. The third kappa shape index (κ3) is 3.79. The first-order valence-electron chi connectivity index (χ1n) is 9.13. The van der Waals surface area contributed by atoms with Crippen LogP contribution in [0.3, 0.4) is 0 Å². The van der Waals surface area contributed by atoms with Crippen LogP contribution in [0, 0.1) is 0 Å². The Morgan fingerprint density at radius 3 is 2.50 bits per heavy atom. The van der Waals surface area contributed by atoms with Gasteiger partial charge < -0.3 is 15.1 Å². The predicted octanol–water partition coefficient (Wildman–Crippen LogP) is 2.58. The van der Waals surface area contributed by atoms with E-state index in [4.69, 9.17) is 9.97 Å². The van der Waals surface area contributed by atoms with E-state index in [2.05, 4.69) is 5.32 Å². The molecule has 0 radical (unpaired) electrons. The summed E-state index contributed by atoms with van der Waals surface area (Å²) in [4.78, 5) is 25.0. The third-order valence-electron chi connectivity index (χ3n) is 5.09. The van der Waals surface area contributed by atoms with Gasteiger partial charge in [0.05, 0.1) is 12.2 Å². The molecule has 2 aliphatic rings. The zero-order valence-electron chi connectivity index (χ0n) is 15.1. The standard InChI is InChI=1S/C18H29N5O/c1-13(24)23-11-10-15-16(12-23)20-18(22(2)3)21-17(15)19-14-8-6-4-5-7-9-14/h14H,4-12H2,1-3H3,(H,19,20,21). The Labute approximate surface area is 144 Å². The lowest BCUT2D eigenvalue weighted by atomic mass is 10.0. The minimum absolute atomic E-state index is 0.115. The lowest BCUT2D eigenvalue weighted by molar-refractivity contribution is -0.129. The molecule has 0 unspecified atom stereocenters. The van der Waals surface area contributed by atoms with Gasteiger partial charge >= 0.3 is 0 Å². The molecule has 1 aromatic rings. The van der Waals surface area contributed by atoms with Crippen molar-refractivity contribution in [2.75, 3.05) is 30.9 Å². The quantitative estimate of drug-likeness (QED) is 0.863. The first-order valence-corrected chi connectivity index (χ1v) is 9.13. The molecule has 0 atom stereocenters. The van der Waals surface area contributed by atoms with Crippen LogP contribution in [0.5, 0.6) is 0 Å². The van der Waals surface area contributed by atoms with Gasteiger partial charge in [0.25, 0.3) is 0 Å². The minimum Gasteiger partial charge on any atom is -0.367 e. The van der Waals surface area contributed by atoms with Gasteiger partial charge in [0, 0.05) is 39.2 Å². The maximum Gasteiger partial charge on any atom is 0.227 e. The molecule has 1 aromatic heterocycles. The van der Waals surface area contributed by atoms with E-state index >= 15 is 0 Å². The maximum absolute atomic E-state index is 11.7. The largest absolute Gasteiger partial charge is 0.367 e. The average molecular weight is 331 g/mol. The summed E-state index contributed by atoms with van der Waals surface area (Å²) in [6.07, 6.45) is 8.54. The summed E-state index contributed by atoms with van der Waals surface area (Å²) in [5.74, 6) is 1.82. The van der Waals surface area contributed by atoms with Crippen LogP contribution in [-0.2, 0) is 17.8 Å². The van der Waals surface area contributed by atoms with Crippen LogP contribution in [0.2, 0.25) is 0 Å². The highest BCUT2D eigenvalue weighted by molar-refractivity contribution is 5.73. The van der Waals surface area contributed by atoms with E-state index in [0.29, 0.717) is 12.6 Å². The van der Waals surface area contributed by atoms with E-state index in [1.54, 1.807) is 6.92 Å². The number of aromatic nitrogens is 2. The summed E-state index contributed by atoms with van der Waals surface area (Å²) < 4.78 is 0. The van der Waals surface area contributed by atoms with Gasteiger partial charge in [-0.05, 0) is 19.3 Å². The van der Waals surface area contributed by atoms with Crippen molar-refractivity contribution in [1.29, 1.82) is 0 Å². The number of carbonyl (C=O) groups excluding carboxylic acids is 1. The van der Waals surface area contributed by atoms with Crippen molar-refractivity contribution in [3.8, 4) is 0 Å². The van der Waals surface area contributed by atoms with Crippen LogP contribution in [-0.4, -0.2) is 47.5 Å². The number of anilines is 2. The molecule has 6 nitrogen and oxygen atoms in total. The summed E-state index contributed by atoms with van der Waals surface area (Å²) in [6, 6.07) is 0.507. The SMILES string of the molecule is CC(=O)N1CCc2c(nc(N(C)C)nc2NC2CCCCCC2)C1. The summed E-state index contributed by atoms with van der Waals surface area (Å²) in [7, 11) is 3.92. The van der Waals surface area contributed by atoms with Gasteiger partial charge in [-0.1, -0.05) is 25.7 Å². The van der Waals surface area contributed by atoms with Crippen LogP contribution < -0.4 is 10.2 Å². The van der Waals surface area contributed by atoms with Crippen LogP contribution in [0.1, 0.15) is 56.7 Å². The number of hydrogen-bond donors (Lipinski definition) is 1. The Morgan fingerprint density at radius 1 is 1.17 bits per heavy atom. The van der Waals surface area contributed by atoms with Crippen molar-refractivity contribution in [3.05, 3.63) is 11.3 Å². The predicted molar refractivity (Wildman–Crippen MR) is 96.3 cm³/mol. The minimum atomic E-state index is 0.115. The van der Waals surface area contributed by atoms with Gasteiger partial charge in [0.2, 0.25) is 11.9 Å². The molecule has 1 N–H and O–H groups in total. The van der Waals surface area contributed by atoms with E-state index in [-0.39, 0.29) is 5.91 Å². The molecule has 0 aromatic carbocycles. The molecule has 24 heavy (non-hydrogen) atoms. The smallest absolute Gasteiger partial charge is 0.227 e. The summed E-state index contributed by atoms with van der Waals surface area (Å²) in [6.45, 7) is 2.98. The highest BCUT2D eigenvalue weighted by Crippen LogP contribution is 2.28. The van der Waals surface area contributed by atoms with E-state index in [0.717, 1.165) is 30.4 Å². The number of fused-ring (bicyclic) bond motifs is 1. The number of rotatable bonds is 3. The second-order valence-electron chi connectivity index (χ2n) is 7.22. The number of hydrogen-bond acceptors (Lipinski definition) is 5. The fourth-order valence-electron chi connectivity index (χ4n) is 3.62. The maximum atomic E-state index is 11.7. The molecule has 1 aliphatic heterocycles. The number of nitrogens with zero attached hydrogens (tertiary/aromatic N) is 4. The Hall–Kier alpha value is -1.85. The molecule has 1 saturated carbocycles.